The number of fused-ring (bicyclic) bond motifs is 2. The fraction of sp³-hybridized carbons (Fsp3) is 0.283. The molecule has 8 nitrogen and oxygen atoms in total. The van der Waals surface area contributed by atoms with Crippen LogP contribution in [0.4, 0.5) is 11.4 Å². The third kappa shape index (κ3) is 7.98. The number of hydrogen-bond donors (Lipinski definition) is 1. The minimum absolute atomic E-state index is 0.140. The van der Waals surface area contributed by atoms with E-state index in [0.717, 1.165) is 86.6 Å². The summed E-state index contributed by atoms with van der Waals surface area (Å²) in [4.78, 5) is 1.81. The van der Waals surface area contributed by atoms with E-state index >= 15 is 0 Å². The number of rotatable bonds is 9. The fourth-order valence-corrected chi connectivity index (χ4v) is 9.60. The Morgan fingerprint density at radius 1 is 0.772 bits per heavy atom. The molecule has 0 spiro atoms. The van der Waals surface area contributed by atoms with Crippen molar-refractivity contribution in [1.29, 1.82) is 0 Å². The summed E-state index contributed by atoms with van der Waals surface area (Å²) in [5, 5.41) is 0.667. The Bertz CT molecular complexity index is 2670. The Kier molecular flexibility index (Phi) is 10.7. The van der Waals surface area contributed by atoms with E-state index < -0.39 is 31.1 Å². The zero-order valence-corrected chi connectivity index (χ0v) is 35.4. The largest absolute Gasteiger partial charge is 0.744 e. The molecular formula is C46H47ClN2O6S2. The van der Waals surface area contributed by atoms with Crippen molar-refractivity contribution in [3.8, 4) is 0 Å². The van der Waals surface area contributed by atoms with Crippen LogP contribution in [0.3, 0.4) is 0 Å². The van der Waals surface area contributed by atoms with Gasteiger partial charge in [-0.3, -0.25) is 4.55 Å². The van der Waals surface area contributed by atoms with E-state index in [9.17, 15) is 25.9 Å². The lowest BCUT2D eigenvalue weighted by Crippen LogP contribution is -2.27. The lowest BCUT2D eigenvalue weighted by molar-refractivity contribution is -0.455. The molecule has 0 saturated heterocycles. The molecule has 0 bridgehead atoms. The Morgan fingerprint density at radius 3 is 2.02 bits per heavy atom. The van der Waals surface area contributed by atoms with E-state index in [1.807, 2.05) is 27.7 Å². The van der Waals surface area contributed by atoms with Crippen LogP contribution >= 0.6 is 11.6 Å². The zero-order chi connectivity index (χ0) is 41.1. The van der Waals surface area contributed by atoms with Crippen molar-refractivity contribution in [2.24, 2.45) is 0 Å². The SMILES string of the molecule is Cc1ccc(CN2/C(=C\C=C3\CCCC(/C=C/C4=[N+](Cc5ccc(C)cc5)c5ccc(S(=O)(=O)[O-])cc5C4(C)C)=C3Cl)C(C)(C)c3cc(S(=O)(=O)O)ccc32)cc1. The first-order valence-corrected chi connectivity index (χ1v) is 22.2. The zero-order valence-electron chi connectivity index (χ0n) is 33.0. The van der Waals surface area contributed by atoms with E-state index in [2.05, 4.69) is 96.2 Å². The van der Waals surface area contributed by atoms with E-state index in [1.165, 1.54) is 18.2 Å². The molecule has 4 aromatic carbocycles. The van der Waals surface area contributed by atoms with E-state index in [0.29, 0.717) is 18.1 Å². The number of aryl methyl sites for hydroxylation is 2. The maximum absolute atomic E-state index is 12.2. The number of halogens is 1. The number of hydrogen-bond acceptors (Lipinski definition) is 6. The molecule has 1 N–H and O–H groups in total. The molecule has 0 amide bonds. The smallest absolute Gasteiger partial charge is 0.294 e. The van der Waals surface area contributed by atoms with E-state index in [4.69, 9.17) is 11.6 Å². The van der Waals surface area contributed by atoms with Gasteiger partial charge in [0.15, 0.2) is 12.3 Å². The standard InChI is InChI=1S/C46H47ClN2O6S2/c1-30-10-14-32(15-11-30)28-48-40-22-20-36(56(50,51)52)26-38(40)45(3,4)42(48)24-18-34-8-7-9-35(44(34)47)19-25-43-46(5,6)39-27-37(57(53,54)55)21-23-41(39)49(43)29-33-16-12-31(2)13-17-33/h10-27H,7-9,28-29H2,1-6H3,(H-,50,51,52,53,54,55). The van der Waals surface area contributed by atoms with Gasteiger partial charge in [-0.1, -0.05) is 97.3 Å². The van der Waals surface area contributed by atoms with Crippen LogP contribution in [0.15, 0.2) is 141 Å². The Balaban J connectivity index is 1.28. The van der Waals surface area contributed by atoms with Gasteiger partial charge in [-0.15, -0.1) is 0 Å². The lowest BCUT2D eigenvalue weighted by Gasteiger charge is -2.27. The van der Waals surface area contributed by atoms with E-state index in [-0.39, 0.29) is 9.79 Å². The Labute approximate surface area is 341 Å². The van der Waals surface area contributed by atoms with Crippen molar-refractivity contribution in [3.63, 3.8) is 0 Å². The summed E-state index contributed by atoms with van der Waals surface area (Å²) in [7, 11) is -9.05. The van der Waals surface area contributed by atoms with Crippen molar-refractivity contribution in [2.45, 2.75) is 94.5 Å². The predicted octanol–water partition coefficient (Wildman–Crippen LogP) is 10.1. The maximum Gasteiger partial charge on any atom is 0.294 e. The van der Waals surface area contributed by atoms with Gasteiger partial charge in [0.2, 0.25) is 5.69 Å². The van der Waals surface area contributed by atoms with Crippen LogP contribution in [0.25, 0.3) is 0 Å². The lowest BCUT2D eigenvalue weighted by atomic mass is 9.81. The summed E-state index contributed by atoms with van der Waals surface area (Å²) in [6, 6.07) is 26.1. The average molecular weight is 823 g/mol. The average Bonchev–Trinajstić information content (AvgIpc) is 3.49. The molecule has 57 heavy (non-hydrogen) atoms. The first-order chi connectivity index (χ1) is 26.7. The van der Waals surface area contributed by atoms with Gasteiger partial charge in [0.05, 0.1) is 15.2 Å². The Morgan fingerprint density at radius 2 is 1.39 bits per heavy atom. The van der Waals surface area contributed by atoms with Gasteiger partial charge in [0.1, 0.15) is 10.1 Å². The number of benzene rings is 4. The molecule has 1 aliphatic carbocycles. The molecule has 0 fully saturated rings. The highest BCUT2D eigenvalue weighted by Gasteiger charge is 2.45. The predicted molar refractivity (Wildman–Crippen MR) is 226 cm³/mol. The molecule has 3 aliphatic rings. The van der Waals surface area contributed by atoms with Gasteiger partial charge in [-0.25, -0.2) is 8.42 Å². The van der Waals surface area contributed by atoms with Crippen LogP contribution in [0.1, 0.15) is 80.3 Å². The number of nitrogens with zero attached hydrogens (tertiary/aromatic N) is 2. The maximum atomic E-state index is 12.2. The summed E-state index contributed by atoms with van der Waals surface area (Å²) in [5.41, 5.74) is 10.5. The minimum Gasteiger partial charge on any atom is -0.744 e. The van der Waals surface area contributed by atoms with Crippen LogP contribution in [0.2, 0.25) is 0 Å². The molecule has 2 aliphatic heterocycles. The molecule has 0 unspecified atom stereocenters. The third-order valence-electron chi connectivity index (χ3n) is 11.6. The second-order valence-electron chi connectivity index (χ2n) is 16.3. The summed E-state index contributed by atoms with van der Waals surface area (Å²) in [6.07, 6.45) is 10.7. The number of anilines is 1. The van der Waals surface area contributed by atoms with Crippen LogP contribution in [-0.2, 0) is 44.2 Å². The summed E-state index contributed by atoms with van der Waals surface area (Å²) >= 11 is 7.24. The minimum atomic E-state index is -4.65. The van der Waals surface area contributed by atoms with Gasteiger partial charge < -0.3 is 9.45 Å². The second kappa shape index (κ2) is 15.0. The number of allylic oxidation sites excluding steroid dienone is 8. The van der Waals surface area contributed by atoms with Crippen molar-refractivity contribution in [3.05, 3.63) is 164 Å². The molecule has 0 atom stereocenters. The molecule has 4 aromatic rings. The van der Waals surface area contributed by atoms with Crippen molar-refractivity contribution >= 4 is 48.9 Å². The molecule has 0 radical (unpaired) electrons. The van der Waals surface area contributed by atoms with Crippen LogP contribution in [-0.4, -0.2) is 36.2 Å². The van der Waals surface area contributed by atoms with Crippen LogP contribution < -0.4 is 4.90 Å². The highest BCUT2D eigenvalue weighted by Crippen LogP contribution is 2.49. The monoisotopic (exact) mass is 822 g/mol. The van der Waals surface area contributed by atoms with Crippen molar-refractivity contribution in [1.82, 2.24) is 0 Å². The molecule has 296 valence electrons. The first kappa shape index (κ1) is 40.6. The highest BCUT2D eigenvalue weighted by atomic mass is 35.5. The summed E-state index contributed by atoms with van der Waals surface area (Å²) in [5.74, 6) is 0. The van der Waals surface area contributed by atoms with Crippen molar-refractivity contribution in [2.75, 3.05) is 4.90 Å². The van der Waals surface area contributed by atoms with Crippen LogP contribution in [0.5, 0.6) is 0 Å². The summed E-state index contributed by atoms with van der Waals surface area (Å²) < 4.78 is 72.6. The molecule has 11 heteroatoms. The van der Waals surface area contributed by atoms with E-state index in [1.54, 1.807) is 18.2 Å². The normalized spacial score (nSPS) is 19.3. The first-order valence-electron chi connectivity index (χ1n) is 19.0. The van der Waals surface area contributed by atoms with Gasteiger partial charge in [-0.05, 0) is 106 Å². The topological polar surface area (TPSA) is 118 Å². The van der Waals surface area contributed by atoms with Crippen LogP contribution in [0, 0.1) is 13.8 Å². The van der Waals surface area contributed by atoms with Gasteiger partial charge in [-0.2, -0.15) is 13.0 Å². The molecule has 0 aromatic heterocycles. The van der Waals surface area contributed by atoms with Crippen molar-refractivity contribution < 1.29 is 30.5 Å². The van der Waals surface area contributed by atoms with Gasteiger partial charge in [0.25, 0.3) is 10.1 Å². The second-order valence-corrected chi connectivity index (χ2v) is 19.5. The quantitative estimate of drug-likeness (QED) is 0.132. The van der Waals surface area contributed by atoms with Gasteiger partial charge >= 0.3 is 0 Å². The molecule has 0 saturated carbocycles. The highest BCUT2D eigenvalue weighted by molar-refractivity contribution is 7.86. The fourth-order valence-electron chi connectivity index (χ4n) is 8.28. The summed E-state index contributed by atoms with van der Waals surface area (Å²) in [6.45, 7) is 13.4. The van der Waals surface area contributed by atoms with Gasteiger partial charge in [0, 0.05) is 51.6 Å². The molecular weight excluding hydrogens is 776 g/mol. The third-order valence-corrected chi connectivity index (χ3v) is 13.7. The molecule has 7 rings (SSSR count). The molecule has 2 heterocycles. The Hall–Kier alpha value is -4.58.